The number of hydrogen-bond donors (Lipinski definition) is 1. The average molecular weight is 487 g/mol. The summed E-state index contributed by atoms with van der Waals surface area (Å²) in [4.78, 5) is 12.3. The quantitative estimate of drug-likeness (QED) is 0.467. The maximum absolute atomic E-state index is 13.2. The first-order valence-electron chi connectivity index (χ1n) is 10.5. The van der Waals surface area contributed by atoms with E-state index in [0.29, 0.717) is 17.0 Å². The van der Waals surface area contributed by atoms with E-state index >= 15 is 0 Å². The number of nitrogens with one attached hydrogen (secondary N) is 1. The Labute approximate surface area is 199 Å². The second-order valence-corrected chi connectivity index (χ2v) is 9.65. The van der Waals surface area contributed by atoms with Crippen LogP contribution in [0.4, 0.5) is 10.1 Å². The van der Waals surface area contributed by atoms with E-state index in [1.807, 2.05) is 31.2 Å². The number of benzene rings is 3. The van der Waals surface area contributed by atoms with Crippen molar-refractivity contribution in [1.29, 1.82) is 0 Å². The molecule has 1 atom stereocenters. The SMILES string of the molecule is COc1ccc([C@H](C)NC(=O)COc2ccc(N(Cc3ccc(F)cc3)S(C)(=O)=O)cc2)cc1. The van der Waals surface area contributed by atoms with Crippen LogP contribution >= 0.6 is 0 Å². The monoisotopic (exact) mass is 486 g/mol. The van der Waals surface area contributed by atoms with Crippen molar-refractivity contribution in [3.63, 3.8) is 0 Å². The lowest BCUT2D eigenvalue weighted by Crippen LogP contribution is -2.31. The average Bonchev–Trinajstić information content (AvgIpc) is 2.82. The molecule has 9 heteroatoms. The molecule has 1 N–H and O–H groups in total. The van der Waals surface area contributed by atoms with Crippen LogP contribution in [0.5, 0.6) is 11.5 Å². The lowest BCUT2D eigenvalue weighted by molar-refractivity contribution is -0.123. The Hall–Kier alpha value is -3.59. The first kappa shape index (κ1) is 25.0. The number of rotatable bonds is 10. The van der Waals surface area contributed by atoms with E-state index < -0.39 is 15.8 Å². The Balaban J connectivity index is 1.59. The Bertz CT molecular complexity index is 1200. The molecule has 0 aromatic heterocycles. The topological polar surface area (TPSA) is 84.9 Å². The van der Waals surface area contributed by atoms with Crippen molar-refractivity contribution in [2.75, 3.05) is 24.3 Å². The highest BCUT2D eigenvalue weighted by Crippen LogP contribution is 2.24. The van der Waals surface area contributed by atoms with Gasteiger partial charge in [0.2, 0.25) is 10.0 Å². The normalized spacial score (nSPS) is 12.0. The van der Waals surface area contributed by atoms with Gasteiger partial charge in [0.15, 0.2) is 6.61 Å². The van der Waals surface area contributed by atoms with Gasteiger partial charge in [-0.05, 0) is 66.6 Å². The van der Waals surface area contributed by atoms with Gasteiger partial charge in [-0.15, -0.1) is 0 Å². The van der Waals surface area contributed by atoms with E-state index in [1.54, 1.807) is 31.4 Å². The number of amides is 1. The van der Waals surface area contributed by atoms with E-state index in [9.17, 15) is 17.6 Å². The molecule has 0 aliphatic carbocycles. The molecular formula is C25H27FN2O5S. The van der Waals surface area contributed by atoms with Crippen molar-refractivity contribution in [3.8, 4) is 11.5 Å². The zero-order chi connectivity index (χ0) is 24.7. The van der Waals surface area contributed by atoms with Gasteiger partial charge in [0.05, 0.1) is 31.6 Å². The molecule has 7 nitrogen and oxygen atoms in total. The summed E-state index contributed by atoms with van der Waals surface area (Å²) in [7, 11) is -1.99. The molecule has 34 heavy (non-hydrogen) atoms. The third kappa shape index (κ3) is 6.95. The van der Waals surface area contributed by atoms with Gasteiger partial charge < -0.3 is 14.8 Å². The molecule has 3 aromatic carbocycles. The summed E-state index contributed by atoms with van der Waals surface area (Å²) in [6.07, 6.45) is 1.11. The minimum absolute atomic E-state index is 0.0605. The zero-order valence-corrected chi connectivity index (χ0v) is 20.0. The van der Waals surface area contributed by atoms with Gasteiger partial charge in [0, 0.05) is 0 Å². The summed E-state index contributed by atoms with van der Waals surface area (Å²) in [5, 5.41) is 2.87. The number of anilines is 1. The smallest absolute Gasteiger partial charge is 0.258 e. The van der Waals surface area contributed by atoms with Crippen LogP contribution in [0.15, 0.2) is 72.8 Å². The summed E-state index contributed by atoms with van der Waals surface area (Å²) < 4.78 is 49.7. The van der Waals surface area contributed by atoms with E-state index in [2.05, 4.69) is 5.32 Å². The molecule has 3 rings (SSSR count). The van der Waals surface area contributed by atoms with Gasteiger partial charge in [-0.2, -0.15) is 0 Å². The number of nitrogens with zero attached hydrogens (tertiary/aromatic N) is 1. The fourth-order valence-corrected chi connectivity index (χ4v) is 4.16. The first-order chi connectivity index (χ1) is 16.2. The zero-order valence-electron chi connectivity index (χ0n) is 19.2. The second kappa shape index (κ2) is 11.0. The summed E-state index contributed by atoms with van der Waals surface area (Å²) >= 11 is 0. The molecule has 0 unspecified atom stereocenters. The van der Waals surface area contributed by atoms with Crippen molar-refractivity contribution in [3.05, 3.63) is 89.7 Å². The van der Waals surface area contributed by atoms with E-state index in [1.165, 1.54) is 28.6 Å². The van der Waals surface area contributed by atoms with E-state index in [-0.39, 0.29) is 25.1 Å². The first-order valence-corrected chi connectivity index (χ1v) is 12.4. The second-order valence-electron chi connectivity index (χ2n) is 7.74. The van der Waals surface area contributed by atoms with Gasteiger partial charge in [-0.1, -0.05) is 24.3 Å². The van der Waals surface area contributed by atoms with Crippen molar-refractivity contribution in [2.24, 2.45) is 0 Å². The summed E-state index contributed by atoms with van der Waals surface area (Å²) in [6, 6.07) is 19.2. The Morgan fingerprint density at radius 1 is 0.971 bits per heavy atom. The summed E-state index contributed by atoms with van der Waals surface area (Å²) in [5.41, 5.74) is 2.01. The molecule has 0 heterocycles. The number of carbonyl (C=O) groups is 1. The van der Waals surface area contributed by atoms with Crippen LogP contribution in [-0.4, -0.2) is 34.3 Å². The van der Waals surface area contributed by atoms with Crippen LogP contribution in [0.2, 0.25) is 0 Å². The third-order valence-electron chi connectivity index (χ3n) is 5.13. The number of hydrogen-bond acceptors (Lipinski definition) is 5. The number of carbonyl (C=O) groups excluding carboxylic acids is 1. The van der Waals surface area contributed by atoms with Crippen molar-refractivity contribution < 1.29 is 27.1 Å². The lowest BCUT2D eigenvalue weighted by Gasteiger charge is -2.23. The highest BCUT2D eigenvalue weighted by Gasteiger charge is 2.18. The minimum Gasteiger partial charge on any atom is -0.497 e. The third-order valence-corrected chi connectivity index (χ3v) is 6.27. The molecule has 180 valence electrons. The highest BCUT2D eigenvalue weighted by molar-refractivity contribution is 7.92. The van der Waals surface area contributed by atoms with Gasteiger partial charge in [-0.25, -0.2) is 12.8 Å². The molecular weight excluding hydrogens is 459 g/mol. The van der Waals surface area contributed by atoms with Crippen molar-refractivity contribution >= 4 is 21.6 Å². The molecule has 1 amide bonds. The van der Waals surface area contributed by atoms with Crippen molar-refractivity contribution in [1.82, 2.24) is 5.32 Å². The molecule has 0 aliphatic rings. The number of methoxy groups -OCH3 is 1. The number of sulfonamides is 1. The van der Waals surface area contributed by atoms with Crippen LogP contribution in [0.1, 0.15) is 24.1 Å². The molecule has 0 fully saturated rings. The van der Waals surface area contributed by atoms with Gasteiger partial charge in [0.25, 0.3) is 5.91 Å². The summed E-state index contributed by atoms with van der Waals surface area (Å²) in [5.74, 6) is 0.479. The predicted molar refractivity (Wildman–Crippen MR) is 129 cm³/mol. The summed E-state index contributed by atoms with van der Waals surface area (Å²) in [6.45, 7) is 1.74. The van der Waals surface area contributed by atoms with E-state index in [0.717, 1.165) is 17.6 Å². The molecule has 0 bridgehead atoms. The van der Waals surface area contributed by atoms with Crippen molar-refractivity contribution in [2.45, 2.75) is 19.5 Å². The molecule has 0 saturated carbocycles. The predicted octanol–water partition coefficient (Wildman–Crippen LogP) is 4.06. The standard InChI is InChI=1S/C25H27FN2O5S/c1-18(20-6-12-23(32-2)13-7-20)27-25(29)17-33-24-14-10-22(11-15-24)28(34(3,30)31)16-19-4-8-21(26)9-5-19/h4-15,18H,16-17H2,1-3H3,(H,27,29)/t18-/m0/s1. The Kier molecular flexibility index (Phi) is 8.12. The fraction of sp³-hybridized carbons (Fsp3) is 0.240. The maximum atomic E-state index is 13.2. The molecule has 0 spiro atoms. The van der Waals surface area contributed by atoms with Crippen LogP contribution in [-0.2, 0) is 21.4 Å². The number of halogens is 1. The molecule has 3 aromatic rings. The minimum atomic E-state index is -3.58. The van der Waals surface area contributed by atoms with E-state index in [4.69, 9.17) is 9.47 Å². The lowest BCUT2D eigenvalue weighted by atomic mass is 10.1. The Morgan fingerprint density at radius 2 is 1.56 bits per heavy atom. The van der Waals surface area contributed by atoms with Gasteiger partial charge in [-0.3, -0.25) is 9.10 Å². The highest BCUT2D eigenvalue weighted by atomic mass is 32.2. The van der Waals surface area contributed by atoms with Gasteiger partial charge in [0.1, 0.15) is 17.3 Å². The molecule has 0 saturated heterocycles. The molecule has 0 aliphatic heterocycles. The fourth-order valence-electron chi connectivity index (χ4n) is 3.27. The van der Waals surface area contributed by atoms with Crippen LogP contribution in [0.25, 0.3) is 0 Å². The number of ether oxygens (including phenoxy) is 2. The van der Waals surface area contributed by atoms with Crippen LogP contribution < -0.4 is 19.1 Å². The maximum Gasteiger partial charge on any atom is 0.258 e. The van der Waals surface area contributed by atoms with Gasteiger partial charge >= 0.3 is 0 Å². The van der Waals surface area contributed by atoms with Crippen LogP contribution in [0.3, 0.4) is 0 Å². The van der Waals surface area contributed by atoms with Crippen LogP contribution in [0, 0.1) is 5.82 Å². The Morgan fingerprint density at radius 3 is 2.12 bits per heavy atom. The largest absolute Gasteiger partial charge is 0.497 e. The molecule has 0 radical (unpaired) electrons.